The van der Waals surface area contributed by atoms with Crippen molar-refractivity contribution in [2.24, 2.45) is 0 Å². The van der Waals surface area contributed by atoms with Gasteiger partial charge in [0.2, 0.25) is 11.8 Å². The Labute approximate surface area is 260 Å². The quantitative estimate of drug-likeness (QED) is 0.272. The maximum Gasteiger partial charge on any atom is 0.218 e. The zero-order valence-electron chi connectivity index (χ0n) is 26.5. The molecule has 0 spiro atoms. The zero-order valence-corrected chi connectivity index (χ0v) is 33.6. The summed E-state index contributed by atoms with van der Waals surface area (Å²) in [7, 11) is 10.3. The maximum atomic E-state index is 10.5. The summed E-state index contributed by atoms with van der Waals surface area (Å²) in [4.78, 5) is 43.9. The van der Waals surface area contributed by atoms with Gasteiger partial charge in [0, 0.05) is 103 Å². The SMILES string of the molecule is C/C=C(\NC)C(C)=O.C=C(NC)C(C)=O.CC.CC.CC(=O)N(C)C.CC(=O)N(C)C.P.P.P.[CH3-].[Y]. The number of hydrogen-bond donors (Lipinski definition) is 2. The molecule has 0 bridgehead atoms. The van der Waals surface area contributed by atoms with Crippen molar-refractivity contribution in [2.45, 2.75) is 62.3 Å². The van der Waals surface area contributed by atoms with Crippen LogP contribution in [0.25, 0.3) is 0 Å². The molecule has 8 nitrogen and oxygen atoms in total. The fourth-order valence-corrected chi connectivity index (χ4v) is 0.700. The van der Waals surface area contributed by atoms with Crippen molar-refractivity contribution < 1.29 is 51.9 Å². The number of allylic oxidation sites excluding steroid dienone is 3. The van der Waals surface area contributed by atoms with Crippen LogP contribution in [0.3, 0.4) is 0 Å². The van der Waals surface area contributed by atoms with Gasteiger partial charge in [0.15, 0.2) is 11.6 Å². The van der Waals surface area contributed by atoms with Crippen molar-refractivity contribution >= 4 is 53.1 Å². The number of Topliss-reactive ketones (excluding diaryl/α,β-unsaturated/α-hetero) is 2. The standard InChI is InChI=1S/C6H11NO.C5H9NO.2C4H9NO.2C2H6.CH3.3H3P.Y/c1-4-6(7-3)5(2)8;1-4(6-3)5(2)7;2*1-4(6)5(2)3;2*1-2;;;;;/h4,7H,1-3H3;6H,1H2,2-3H3;2*1-3H3;2*1-2H3;4*1H3;/q;;;;;;-1;;;;/b6-4-;;;;;;;;;;. The smallest absolute Gasteiger partial charge is 0.218 e. The molecule has 0 heterocycles. The molecule has 1 radical (unpaired) electrons. The van der Waals surface area contributed by atoms with Crippen LogP contribution in [-0.4, -0.2) is 75.5 Å². The van der Waals surface area contributed by atoms with Gasteiger partial charge in [-0.05, 0) is 6.92 Å². The first-order valence-electron chi connectivity index (χ1n) is 10.3. The van der Waals surface area contributed by atoms with Crippen LogP contribution < -0.4 is 10.6 Å². The van der Waals surface area contributed by atoms with Crippen LogP contribution in [0.15, 0.2) is 24.0 Å². The Balaban J connectivity index is -0.0000000236. The van der Waals surface area contributed by atoms with E-state index in [2.05, 4.69) is 17.2 Å². The molecule has 0 saturated heterocycles. The topological polar surface area (TPSA) is 98.8 Å². The normalized spacial score (nSPS) is 6.92. The molecule has 36 heavy (non-hydrogen) atoms. The largest absolute Gasteiger partial charge is 0.386 e. The number of carbonyl (C=O) groups excluding carboxylic acids is 4. The van der Waals surface area contributed by atoms with Crippen LogP contribution in [0, 0.1) is 7.43 Å². The van der Waals surface area contributed by atoms with Crippen molar-refractivity contribution in [1.29, 1.82) is 0 Å². The number of nitrogens with one attached hydrogen (secondary N) is 2. The van der Waals surface area contributed by atoms with Gasteiger partial charge in [-0.15, -0.1) is 0 Å². The fourth-order valence-electron chi connectivity index (χ4n) is 0.700. The molecule has 3 atom stereocenters. The summed E-state index contributed by atoms with van der Waals surface area (Å²) in [5, 5.41) is 5.38. The van der Waals surface area contributed by atoms with E-state index in [0.717, 1.165) is 0 Å². The van der Waals surface area contributed by atoms with E-state index in [1.54, 1.807) is 48.4 Å². The molecule has 2 amide bonds. The summed E-state index contributed by atoms with van der Waals surface area (Å²) in [6, 6.07) is 0. The number of likely N-dealkylation sites (N-methyl/N-ethyl adjacent to an activating group) is 2. The number of carbonyl (C=O) groups is 4. The summed E-state index contributed by atoms with van der Waals surface area (Å²) >= 11 is 0. The van der Waals surface area contributed by atoms with E-state index in [1.165, 1.54) is 37.5 Å². The Morgan fingerprint density at radius 3 is 0.889 bits per heavy atom. The van der Waals surface area contributed by atoms with Crippen molar-refractivity contribution in [2.75, 3.05) is 42.3 Å². The van der Waals surface area contributed by atoms with Crippen LogP contribution in [-0.2, 0) is 51.9 Å². The second kappa shape index (κ2) is 55.3. The molecule has 3 unspecified atom stereocenters. The first-order chi connectivity index (χ1) is 14.2. The van der Waals surface area contributed by atoms with E-state index in [-0.39, 0.29) is 93.2 Å². The molecule has 221 valence electrons. The van der Waals surface area contributed by atoms with Crippen LogP contribution in [0.2, 0.25) is 0 Å². The molecule has 2 N–H and O–H groups in total. The van der Waals surface area contributed by atoms with Gasteiger partial charge in [0.05, 0.1) is 11.4 Å². The molecule has 0 fully saturated rings. The van der Waals surface area contributed by atoms with E-state index in [0.29, 0.717) is 11.4 Å². The Morgan fingerprint density at radius 1 is 0.667 bits per heavy atom. The van der Waals surface area contributed by atoms with Gasteiger partial charge < -0.3 is 27.9 Å². The first-order valence-corrected chi connectivity index (χ1v) is 10.3. The summed E-state index contributed by atoms with van der Waals surface area (Å²) in [5.41, 5.74) is 1.13. The van der Waals surface area contributed by atoms with E-state index in [9.17, 15) is 19.2 Å². The number of ketones is 2. The maximum absolute atomic E-state index is 10.5. The predicted octanol–water partition coefficient (Wildman–Crippen LogP) is 3.87. The molecule has 0 saturated carbocycles. The Hall–Kier alpha value is -0.246. The minimum Gasteiger partial charge on any atom is -0.386 e. The summed E-state index contributed by atoms with van der Waals surface area (Å²) < 4.78 is 0. The number of hydrogen-bond acceptors (Lipinski definition) is 6. The molecule has 0 aromatic heterocycles. The van der Waals surface area contributed by atoms with E-state index < -0.39 is 0 Å². The summed E-state index contributed by atoms with van der Waals surface area (Å²) in [6.45, 7) is 19.3. The second-order valence-electron chi connectivity index (χ2n) is 5.62. The van der Waals surface area contributed by atoms with Gasteiger partial charge >= 0.3 is 0 Å². The molecule has 12 heteroatoms. The Bertz CT molecular complexity index is 515. The average Bonchev–Trinajstić information content (AvgIpc) is 2.72. The van der Waals surface area contributed by atoms with Gasteiger partial charge in [-0.1, -0.05) is 40.3 Å². The van der Waals surface area contributed by atoms with Gasteiger partial charge in [-0.3, -0.25) is 19.2 Å². The van der Waals surface area contributed by atoms with E-state index in [4.69, 9.17) is 0 Å². The van der Waals surface area contributed by atoms with Crippen molar-refractivity contribution in [3.05, 3.63) is 31.5 Å². The predicted molar refractivity (Wildman–Crippen MR) is 174 cm³/mol. The van der Waals surface area contributed by atoms with Crippen LogP contribution >= 0.6 is 29.7 Å². The van der Waals surface area contributed by atoms with Crippen LogP contribution in [0.1, 0.15) is 62.3 Å². The van der Waals surface area contributed by atoms with Crippen LogP contribution in [0.5, 0.6) is 0 Å². The molecule has 0 aliphatic carbocycles. The Morgan fingerprint density at radius 2 is 0.889 bits per heavy atom. The molecule has 0 aliphatic rings. The molecular formula is C24H62N4O4P3Y-. The summed E-state index contributed by atoms with van der Waals surface area (Å²) in [5.74, 6) is 0.252. The van der Waals surface area contributed by atoms with Gasteiger partial charge in [0.25, 0.3) is 0 Å². The molecule has 0 aromatic carbocycles. The minimum atomic E-state index is -0.0116. The number of rotatable bonds is 4. The second-order valence-corrected chi connectivity index (χ2v) is 5.62. The van der Waals surface area contributed by atoms with Gasteiger partial charge in [0.1, 0.15) is 0 Å². The number of nitrogens with zero attached hydrogens (tertiary/aromatic N) is 2. The first kappa shape index (κ1) is 70.5. The molecule has 0 aliphatic heterocycles. The van der Waals surface area contributed by atoms with Gasteiger partial charge in [-0.25, -0.2) is 0 Å². The monoisotopic (exact) mass is 652 g/mol. The Kier molecular flexibility index (Phi) is 108. The zero-order chi connectivity index (χ0) is 26.7. The number of amides is 2. The average molecular weight is 653 g/mol. The van der Waals surface area contributed by atoms with E-state index >= 15 is 0 Å². The fraction of sp³-hybridized carbons (Fsp3) is 0.625. The third-order valence-electron chi connectivity index (χ3n) is 2.92. The van der Waals surface area contributed by atoms with E-state index in [1.807, 2.05) is 34.6 Å². The van der Waals surface area contributed by atoms with Crippen molar-refractivity contribution in [1.82, 2.24) is 20.4 Å². The van der Waals surface area contributed by atoms with Crippen LogP contribution in [0.4, 0.5) is 0 Å². The van der Waals surface area contributed by atoms with Crippen molar-refractivity contribution in [3.63, 3.8) is 0 Å². The molecular weight excluding hydrogens is 590 g/mol. The third-order valence-corrected chi connectivity index (χ3v) is 2.92. The summed E-state index contributed by atoms with van der Waals surface area (Å²) in [6.07, 6.45) is 1.75. The molecule has 0 aromatic rings. The molecule has 0 rings (SSSR count). The third kappa shape index (κ3) is 76.5. The van der Waals surface area contributed by atoms with Crippen molar-refractivity contribution in [3.8, 4) is 0 Å². The minimum absolute atomic E-state index is 0. The van der Waals surface area contributed by atoms with Gasteiger partial charge in [-0.2, -0.15) is 29.7 Å².